The van der Waals surface area contributed by atoms with Crippen LogP contribution in [0.1, 0.15) is 12.5 Å². The number of hydrogen-bond acceptors (Lipinski definition) is 3. The summed E-state index contributed by atoms with van der Waals surface area (Å²) in [4.78, 5) is 24.0. The number of benzene rings is 2. The van der Waals surface area contributed by atoms with Crippen molar-refractivity contribution in [3.05, 3.63) is 60.2 Å². The van der Waals surface area contributed by atoms with Crippen LogP contribution < -0.4 is 10.6 Å². The molecule has 2 amide bonds. The van der Waals surface area contributed by atoms with Crippen molar-refractivity contribution in [2.24, 2.45) is 0 Å². The lowest BCUT2D eigenvalue weighted by molar-refractivity contribution is -0.115. The van der Waals surface area contributed by atoms with Gasteiger partial charge >= 0.3 is 0 Å². The highest BCUT2D eigenvalue weighted by molar-refractivity contribution is 8.01. The first-order valence-corrected chi connectivity index (χ1v) is 8.43. The first-order valence-electron chi connectivity index (χ1n) is 7.38. The van der Waals surface area contributed by atoms with E-state index in [2.05, 4.69) is 10.6 Å². The first kappa shape index (κ1) is 17.1. The highest BCUT2D eigenvalue weighted by Gasteiger charge is 2.15. The van der Waals surface area contributed by atoms with Gasteiger partial charge in [-0.2, -0.15) is 0 Å². The van der Waals surface area contributed by atoms with Gasteiger partial charge in [-0.1, -0.05) is 35.9 Å². The number of anilines is 2. The van der Waals surface area contributed by atoms with Crippen LogP contribution in [-0.2, 0) is 9.59 Å². The van der Waals surface area contributed by atoms with Crippen LogP contribution in [0.5, 0.6) is 0 Å². The molecule has 4 nitrogen and oxygen atoms in total. The summed E-state index contributed by atoms with van der Waals surface area (Å²) in [6.07, 6.45) is 0. The van der Waals surface area contributed by atoms with Crippen LogP contribution in [0.4, 0.5) is 11.4 Å². The molecule has 2 N–H and O–H groups in total. The van der Waals surface area contributed by atoms with E-state index in [0.717, 1.165) is 16.9 Å². The molecule has 0 aliphatic rings. The highest BCUT2D eigenvalue weighted by Crippen LogP contribution is 2.15. The molecule has 0 heterocycles. The summed E-state index contributed by atoms with van der Waals surface area (Å²) in [5.74, 6) is 0.0136. The van der Waals surface area contributed by atoms with E-state index in [1.807, 2.05) is 61.5 Å². The van der Waals surface area contributed by atoms with Crippen LogP contribution in [0.25, 0.3) is 0 Å². The number of amides is 2. The Kier molecular flexibility index (Phi) is 6.23. The van der Waals surface area contributed by atoms with Crippen LogP contribution in [0.15, 0.2) is 54.6 Å². The van der Waals surface area contributed by atoms with E-state index >= 15 is 0 Å². The average Bonchev–Trinajstić information content (AvgIpc) is 2.55. The van der Waals surface area contributed by atoms with Gasteiger partial charge in [0, 0.05) is 11.4 Å². The van der Waals surface area contributed by atoms with Crippen molar-refractivity contribution in [2.45, 2.75) is 19.1 Å². The van der Waals surface area contributed by atoms with Gasteiger partial charge in [-0.05, 0) is 38.1 Å². The molecule has 0 aromatic heterocycles. The predicted octanol–water partition coefficient (Wildman–Crippen LogP) is 3.69. The number of carbonyl (C=O) groups is 2. The Morgan fingerprint density at radius 2 is 1.57 bits per heavy atom. The molecule has 1 unspecified atom stereocenters. The van der Waals surface area contributed by atoms with Gasteiger partial charge in [0.25, 0.3) is 0 Å². The van der Waals surface area contributed by atoms with Gasteiger partial charge in [-0.3, -0.25) is 9.59 Å². The molecule has 120 valence electrons. The summed E-state index contributed by atoms with van der Waals surface area (Å²) < 4.78 is 0. The van der Waals surface area contributed by atoms with E-state index in [1.54, 1.807) is 6.92 Å². The lowest BCUT2D eigenvalue weighted by atomic mass is 10.2. The van der Waals surface area contributed by atoms with Crippen LogP contribution in [0.2, 0.25) is 0 Å². The summed E-state index contributed by atoms with van der Waals surface area (Å²) in [7, 11) is 0. The molecule has 0 aliphatic heterocycles. The number of aryl methyl sites for hydroxylation is 1. The van der Waals surface area contributed by atoms with Gasteiger partial charge in [0.05, 0.1) is 11.0 Å². The maximum absolute atomic E-state index is 12.1. The zero-order valence-corrected chi connectivity index (χ0v) is 14.0. The zero-order valence-electron chi connectivity index (χ0n) is 13.2. The second kappa shape index (κ2) is 8.39. The van der Waals surface area contributed by atoms with Crippen molar-refractivity contribution in [1.29, 1.82) is 0 Å². The summed E-state index contributed by atoms with van der Waals surface area (Å²) >= 11 is 1.31. The largest absolute Gasteiger partial charge is 0.325 e. The minimum Gasteiger partial charge on any atom is -0.325 e. The van der Waals surface area contributed by atoms with Crippen molar-refractivity contribution in [2.75, 3.05) is 16.4 Å². The van der Waals surface area contributed by atoms with Crippen molar-refractivity contribution >= 4 is 35.0 Å². The topological polar surface area (TPSA) is 58.2 Å². The third-order valence-electron chi connectivity index (χ3n) is 3.21. The molecule has 0 saturated heterocycles. The summed E-state index contributed by atoms with van der Waals surface area (Å²) in [5, 5.41) is 5.34. The highest BCUT2D eigenvalue weighted by atomic mass is 32.2. The molecule has 23 heavy (non-hydrogen) atoms. The van der Waals surface area contributed by atoms with Gasteiger partial charge in [0.1, 0.15) is 0 Å². The molecule has 0 aliphatic carbocycles. The smallest absolute Gasteiger partial charge is 0.237 e. The molecule has 0 saturated carbocycles. The minimum atomic E-state index is -0.308. The number of hydrogen-bond donors (Lipinski definition) is 2. The van der Waals surface area contributed by atoms with E-state index in [-0.39, 0.29) is 22.8 Å². The fourth-order valence-electron chi connectivity index (χ4n) is 1.88. The Bertz CT molecular complexity index is 656. The molecule has 1 atom stereocenters. The Labute approximate surface area is 140 Å². The van der Waals surface area contributed by atoms with Gasteiger partial charge in [0.15, 0.2) is 0 Å². The van der Waals surface area contributed by atoms with Crippen LogP contribution in [0.3, 0.4) is 0 Å². The number of rotatable bonds is 6. The van der Waals surface area contributed by atoms with Gasteiger partial charge < -0.3 is 10.6 Å². The third-order valence-corrected chi connectivity index (χ3v) is 4.35. The van der Waals surface area contributed by atoms with E-state index in [1.165, 1.54) is 11.8 Å². The molecule has 0 fully saturated rings. The fraction of sp³-hybridized carbons (Fsp3) is 0.222. The number of carbonyl (C=O) groups excluding carboxylic acids is 2. The van der Waals surface area contributed by atoms with Crippen molar-refractivity contribution < 1.29 is 9.59 Å². The SMILES string of the molecule is Cc1ccc(NC(=O)C(C)SCC(=O)Nc2ccccc2)cc1. The zero-order chi connectivity index (χ0) is 16.7. The monoisotopic (exact) mass is 328 g/mol. The molecule has 0 bridgehead atoms. The Hall–Kier alpha value is -2.27. The summed E-state index contributed by atoms with van der Waals surface area (Å²) in [6.45, 7) is 3.79. The van der Waals surface area contributed by atoms with Crippen molar-refractivity contribution in [3.63, 3.8) is 0 Å². The fourth-order valence-corrected chi connectivity index (χ4v) is 2.56. The summed E-state index contributed by atoms with van der Waals surface area (Å²) in [5.41, 5.74) is 2.67. The molecule has 2 aromatic carbocycles. The predicted molar refractivity (Wildman–Crippen MR) is 96.8 cm³/mol. The van der Waals surface area contributed by atoms with Gasteiger partial charge in [-0.25, -0.2) is 0 Å². The molecule has 5 heteroatoms. The van der Waals surface area contributed by atoms with E-state index in [4.69, 9.17) is 0 Å². The minimum absolute atomic E-state index is 0.105. The lowest BCUT2D eigenvalue weighted by Crippen LogP contribution is -2.25. The van der Waals surface area contributed by atoms with Gasteiger partial charge in [-0.15, -0.1) is 11.8 Å². The van der Waals surface area contributed by atoms with E-state index < -0.39 is 0 Å². The van der Waals surface area contributed by atoms with E-state index in [9.17, 15) is 9.59 Å². The van der Waals surface area contributed by atoms with Crippen molar-refractivity contribution in [1.82, 2.24) is 0 Å². The maximum Gasteiger partial charge on any atom is 0.237 e. The normalized spacial score (nSPS) is 11.6. The molecular weight excluding hydrogens is 308 g/mol. The Morgan fingerprint density at radius 3 is 2.22 bits per heavy atom. The number of nitrogens with one attached hydrogen (secondary N) is 2. The molecule has 0 spiro atoms. The molecule has 2 rings (SSSR count). The van der Waals surface area contributed by atoms with Gasteiger partial charge in [0.2, 0.25) is 11.8 Å². The average molecular weight is 328 g/mol. The molecule has 2 aromatic rings. The molecular formula is C18H20N2O2S. The van der Waals surface area contributed by atoms with Crippen molar-refractivity contribution in [3.8, 4) is 0 Å². The standard InChI is InChI=1S/C18H20N2O2S/c1-13-8-10-16(11-9-13)20-18(22)14(2)23-12-17(21)19-15-6-4-3-5-7-15/h3-11,14H,12H2,1-2H3,(H,19,21)(H,20,22). The quantitative estimate of drug-likeness (QED) is 0.850. The van der Waals surface area contributed by atoms with Crippen LogP contribution in [-0.4, -0.2) is 22.8 Å². The number of para-hydroxylation sites is 1. The Balaban J connectivity index is 1.77. The van der Waals surface area contributed by atoms with Crippen LogP contribution in [0, 0.1) is 6.92 Å². The lowest BCUT2D eigenvalue weighted by Gasteiger charge is -2.12. The second-order valence-corrected chi connectivity index (χ2v) is 6.55. The second-order valence-electron chi connectivity index (χ2n) is 5.22. The summed E-state index contributed by atoms with van der Waals surface area (Å²) in [6, 6.07) is 16.9. The third kappa shape index (κ3) is 5.79. The Morgan fingerprint density at radius 1 is 0.957 bits per heavy atom. The number of thioether (sulfide) groups is 1. The first-order chi connectivity index (χ1) is 11.0. The van der Waals surface area contributed by atoms with Crippen LogP contribution >= 0.6 is 11.8 Å². The maximum atomic E-state index is 12.1. The molecule has 0 radical (unpaired) electrons. The van der Waals surface area contributed by atoms with E-state index in [0.29, 0.717) is 0 Å².